The molecular formula is C21H20BrN3O5. The SMILES string of the molecule is COc1ccc(NC(=O)CCCN2C(=O)c3ccc(Br)cc3C2=O)cc1NC(C)=O. The average Bonchev–Trinajstić information content (AvgIpc) is 2.92. The molecule has 1 aliphatic rings. The third kappa shape index (κ3) is 4.68. The molecule has 30 heavy (non-hydrogen) atoms. The highest BCUT2D eigenvalue weighted by Crippen LogP contribution is 2.28. The first-order valence-corrected chi connectivity index (χ1v) is 10.0. The number of amides is 4. The van der Waals surface area contributed by atoms with E-state index >= 15 is 0 Å². The van der Waals surface area contributed by atoms with Gasteiger partial charge in [-0.05, 0) is 42.8 Å². The van der Waals surface area contributed by atoms with Crippen LogP contribution in [0.4, 0.5) is 11.4 Å². The number of ether oxygens (including phenoxy) is 1. The van der Waals surface area contributed by atoms with Gasteiger partial charge in [-0.1, -0.05) is 15.9 Å². The summed E-state index contributed by atoms with van der Waals surface area (Å²) in [6.07, 6.45) is 0.450. The Morgan fingerprint density at radius 3 is 2.47 bits per heavy atom. The van der Waals surface area contributed by atoms with Crippen molar-refractivity contribution in [2.24, 2.45) is 0 Å². The maximum Gasteiger partial charge on any atom is 0.261 e. The predicted molar refractivity (Wildman–Crippen MR) is 115 cm³/mol. The topological polar surface area (TPSA) is 105 Å². The Balaban J connectivity index is 1.56. The maximum atomic E-state index is 12.4. The number of fused-ring (bicyclic) bond motifs is 1. The number of rotatable bonds is 7. The number of nitrogens with zero attached hydrogens (tertiary/aromatic N) is 1. The number of hydrogen-bond acceptors (Lipinski definition) is 5. The second-order valence-electron chi connectivity index (χ2n) is 6.70. The number of anilines is 2. The molecule has 0 atom stereocenters. The summed E-state index contributed by atoms with van der Waals surface area (Å²) in [5.74, 6) is -0.761. The highest BCUT2D eigenvalue weighted by Gasteiger charge is 2.35. The molecule has 2 aromatic carbocycles. The molecule has 1 aliphatic heterocycles. The lowest BCUT2D eigenvalue weighted by Gasteiger charge is -2.14. The molecule has 1 heterocycles. The van der Waals surface area contributed by atoms with Gasteiger partial charge in [0.1, 0.15) is 5.75 Å². The van der Waals surface area contributed by atoms with Gasteiger partial charge in [-0.3, -0.25) is 24.1 Å². The zero-order valence-electron chi connectivity index (χ0n) is 16.5. The molecule has 3 rings (SSSR count). The molecule has 2 N–H and O–H groups in total. The summed E-state index contributed by atoms with van der Waals surface area (Å²) in [7, 11) is 1.48. The van der Waals surface area contributed by atoms with E-state index in [9.17, 15) is 19.2 Å². The minimum Gasteiger partial charge on any atom is -0.495 e. The van der Waals surface area contributed by atoms with Gasteiger partial charge in [0.05, 0.1) is 23.9 Å². The van der Waals surface area contributed by atoms with Crippen molar-refractivity contribution >= 4 is 50.9 Å². The molecule has 0 fully saturated rings. The van der Waals surface area contributed by atoms with Crippen LogP contribution in [0.2, 0.25) is 0 Å². The summed E-state index contributed by atoms with van der Waals surface area (Å²) in [6.45, 7) is 1.53. The summed E-state index contributed by atoms with van der Waals surface area (Å²) in [6, 6.07) is 9.84. The Bertz CT molecular complexity index is 1040. The van der Waals surface area contributed by atoms with Crippen molar-refractivity contribution in [2.45, 2.75) is 19.8 Å². The molecule has 156 valence electrons. The number of carbonyl (C=O) groups excluding carboxylic acids is 4. The molecule has 0 radical (unpaired) electrons. The molecule has 0 unspecified atom stereocenters. The average molecular weight is 474 g/mol. The normalized spacial score (nSPS) is 12.6. The molecule has 4 amide bonds. The van der Waals surface area contributed by atoms with Crippen LogP contribution in [0.3, 0.4) is 0 Å². The van der Waals surface area contributed by atoms with Crippen molar-refractivity contribution < 1.29 is 23.9 Å². The van der Waals surface area contributed by atoms with Crippen LogP contribution in [0.5, 0.6) is 5.75 Å². The monoisotopic (exact) mass is 473 g/mol. The molecule has 9 heteroatoms. The third-order valence-electron chi connectivity index (χ3n) is 4.51. The molecule has 8 nitrogen and oxygen atoms in total. The Hall–Kier alpha value is -3.20. The summed E-state index contributed by atoms with van der Waals surface area (Å²) < 4.78 is 5.91. The number of benzene rings is 2. The summed E-state index contributed by atoms with van der Waals surface area (Å²) in [4.78, 5) is 49.6. The molecule has 0 spiro atoms. The molecule has 0 saturated heterocycles. The van der Waals surface area contributed by atoms with Gasteiger partial charge in [0.15, 0.2) is 0 Å². The molecule has 2 aromatic rings. The van der Waals surface area contributed by atoms with Crippen molar-refractivity contribution in [3.8, 4) is 5.75 Å². The fraction of sp³-hybridized carbons (Fsp3) is 0.238. The van der Waals surface area contributed by atoms with Crippen LogP contribution < -0.4 is 15.4 Å². The molecule has 0 bridgehead atoms. The highest BCUT2D eigenvalue weighted by molar-refractivity contribution is 9.10. The van der Waals surface area contributed by atoms with Gasteiger partial charge in [0.25, 0.3) is 11.8 Å². The van der Waals surface area contributed by atoms with E-state index in [1.165, 1.54) is 14.0 Å². The van der Waals surface area contributed by atoms with E-state index in [4.69, 9.17) is 4.74 Å². The van der Waals surface area contributed by atoms with Crippen LogP contribution in [0.25, 0.3) is 0 Å². The van der Waals surface area contributed by atoms with Crippen molar-refractivity contribution in [2.75, 3.05) is 24.3 Å². The number of hydrogen-bond donors (Lipinski definition) is 2. The van der Waals surface area contributed by atoms with E-state index in [0.29, 0.717) is 34.7 Å². The number of carbonyl (C=O) groups is 4. The Morgan fingerprint density at radius 1 is 1.03 bits per heavy atom. The van der Waals surface area contributed by atoms with Crippen molar-refractivity contribution in [1.29, 1.82) is 0 Å². The minimum absolute atomic E-state index is 0.124. The Morgan fingerprint density at radius 2 is 1.77 bits per heavy atom. The van der Waals surface area contributed by atoms with E-state index in [1.54, 1.807) is 36.4 Å². The minimum atomic E-state index is -0.355. The first kappa shape index (κ1) is 21.5. The van der Waals surface area contributed by atoms with Gasteiger partial charge >= 0.3 is 0 Å². The van der Waals surface area contributed by atoms with Gasteiger partial charge in [0.2, 0.25) is 11.8 Å². The fourth-order valence-electron chi connectivity index (χ4n) is 3.16. The Kier molecular flexibility index (Phi) is 6.51. The predicted octanol–water partition coefficient (Wildman–Crippen LogP) is 3.43. The third-order valence-corrected chi connectivity index (χ3v) is 5.01. The number of imide groups is 1. The number of methoxy groups -OCH3 is 1. The first-order chi connectivity index (χ1) is 14.3. The van der Waals surface area contributed by atoms with Gasteiger partial charge in [-0.15, -0.1) is 0 Å². The second-order valence-corrected chi connectivity index (χ2v) is 7.62. The van der Waals surface area contributed by atoms with E-state index in [-0.39, 0.29) is 36.6 Å². The first-order valence-electron chi connectivity index (χ1n) is 9.21. The lowest BCUT2D eigenvalue weighted by Crippen LogP contribution is -2.31. The van der Waals surface area contributed by atoms with E-state index in [2.05, 4.69) is 26.6 Å². The van der Waals surface area contributed by atoms with Crippen LogP contribution in [0.15, 0.2) is 40.9 Å². The van der Waals surface area contributed by atoms with Crippen LogP contribution in [0, 0.1) is 0 Å². The van der Waals surface area contributed by atoms with Gasteiger partial charge in [-0.2, -0.15) is 0 Å². The lowest BCUT2D eigenvalue weighted by molar-refractivity contribution is -0.116. The van der Waals surface area contributed by atoms with Crippen LogP contribution in [0.1, 0.15) is 40.5 Å². The summed E-state index contributed by atoms with van der Waals surface area (Å²) >= 11 is 3.30. The molecule has 0 saturated carbocycles. The quantitative estimate of drug-likeness (QED) is 0.599. The van der Waals surface area contributed by atoms with Crippen molar-refractivity contribution in [3.63, 3.8) is 0 Å². The zero-order valence-corrected chi connectivity index (χ0v) is 18.0. The lowest BCUT2D eigenvalue weighted by atomic mass is 10.1. The van der Waals surface area contributed by atoms with Gasteiger partial charge in [0, 0.05) is 30.0 Å². The zero-order chi connectivity index (χ0) is 21.8. The molecule has 0 aliphatic carbocycles. The van der Waals surface area contributed by atoms with E-state index < -0.39 is 0 Å². The fourth-order valence-corrected chi connectivity index (χ4v) is 3.52. The van der Waals surface area contributed by atoms with Gasteiger partial charge < -0.3 is 15.4 Å². The maximum absolute atomic E-state index is 12.4. The molecule has 0 aromatic heterocycles. The van der Waals surface area contributed by atoms with E-state index in [0.717, 1.165) is 9.37 Å². The second kappa shape index (κ2) is 9.08. The number of halogens is 1. The van der Waals surface area contributed by atoms with Crippen LogP contribution >= 0.6 is 15.9 Å². The Labute approximate surface area is 181 Å². The highest BCUT2D eigenvalue weighted by atomic mass is 79.9. The van der Waals surface area contributed by atoms with Crippen LogP contribution in [-0.4, -0.2) is 42.2 Å². The van der Waals surface area contributed by atoms with Crippen LogP contribution in [-0.2, 0) is 9.59 Å². The standard InChI is InChI=1S/C21H20BrN3O5/c1-12(26)23-17-11-14(6-8-18(17)30-2)24-19(27)4-3-9-25-20(28)15-7-5-13(22)10-16(15)21(25)29/h5-8,10-11H,3-4,9H2,1-2H3,(H,23,26)(H,24,27). The van der Waals surface area contributed by atoms with Gasteiger partial charge in [-0.25, -0.2) is 0 Å². The summed E-state index contributed by atoms with van der Waals surface area (Å²) in [5, 5.41) is 5.38. The summed E-state index contributed by atoms with van der Waals surface area (Å²) in [5.41, 5.74) is 1.68. The van der Waals surface area contributed by atoms with Crippen molar-refractivity contribution in [1.82, 2.24) is 4.90 Å². The molecular weight excluding hydrogens is 454 g/mol. The number of nitrogens with one attached hydrogen (secondary N) is 2. The van der Waals surface area contributed by atoms with E-state index in [1.807, 2.05) is 0 Å². The largest absolute Gasteiger partial charge is 0.495 e. The smallest absolute Gasteiger partial charge is 0.261 e. The van der Waals surface area contributed by atoms with Crippen molar-refractivity contribution in [3.05, 3.63) is 52.0 Å².